The number of carbonyl (C=O) groups excluding carboxylic acids is 1. The van der Waals surface area contributed by atoms with Gasteiger partial charge in [-0.15, -0.1) is 0 Å². The van der Waals surface area contributed by atoms with Crippen LogP contribution in [0.4, 0.5) is 5.82 Å². The van der Waals surface area contributed by atoms with Crippen molar-refractivity contribution < 1.29 is 9.53 Å². The number of hydrogen-bond donors (Lipinski definition) is 1. The molecule has 0 bridgehead atoms. The van der Waals surface area contributed by atoms with Gasteiger partial charge in [0.2, 0.25) is 0 Å². The maximum Gasteiger partial charge on any atom is 0.330 e. The Morgan fingerprint density at radius 3 is 3.06 bits per heavy atom. The standard InChI is InChI=1S/C10H10BrClN2O2/c1-2-16-8(15)4-3-6-5-7(11)9(12)14-10(6)13/h3-5H,2H2,1H3,(H2,13,14)/b4-3+. The van der Waals surface area contributed by atoms with Gasteiger partial charge >= 0.3 is 5.97 Å². The van der Waals surface area contributed by atoms with Gasteiger partial charge in [0.25, 0.3) is 0 Å². The van der Waals surface area contributed by atoms with E-state index in [4.69, 9.17) is 22.1 Å². The highest BCUT2D eigenvalue weighted by atomic mass is 79.9. The fraction of sp³-hybridized carbons (Fsp3) is 0.200. The molecule has 0 aliphatic rings. The van der Waals surface area contributed by atoms with Gasteiger partial charge in [0.15, 0.2) is 0 Å². The Hall–Kier alpha value is -1.07. The normalized spacial score (nSPS) is 10.7. The summed E-state index contributed by atoms with van der Waals surface area (Å²) in [5.41, 5.74) is 6.23. The highest BCUT2D eigenvalue weighted by Gasteiger charge is 2.04. The molecule has 0 aliphatic heterocycles. The maximum atomic E-state index is 11.1. The minimum absolute atomic E-state index is 0.258. The zero-order valence-electron chi connectivity index (χ0n) is 8.54. The van der Waals surface area contributed by atoms with E-state index < -0.39 is 5.97 Å². The summed E-state index contributed by atoms with van der Waals surface area (Å²) < 4.78 is 5.35. The number of nitrogens with zero attached hydrogens (tertiary/aromatic N) is 1. The van der Waals surface area contributed by atoms with E-state index in [1.165, 1.54) is 12.2 Å². The molecule has 16 heavy (non-hydrogen) atoms. The van der Waals surface area contributed by atoms with Gasteiger partial charge in [-0.05, 0) is 35.0 Å². The summed E-state index contributed by atoms with van der Waals surface area (Å²) in [5.74, 6) is -0.165. The topological polar surface area (TPSA) is 65.2 Å². The second-order valence-electron chi connectivity index (χ2n) is 2.82. The lowest BCUT2D eigenvalue weighted by molar-refractivity contribution is -0.137. The van der Waals surface area contributed by atoms with E-state index >= 15 is 0 Å². The molecule has 0 amide bonds. The Labute approximate surface area is 107 Å². The van der Waals surface area contributed by atoms with Crippen LogP contribution in [0.3, 0.4) is 0 Å². The van der Waals surface area contributed by atoms with Gasteiger partial charge in [-0.3, -0.25) is 0 Å². The Morgan fingerprint density at radius 1 is 1.75 bits per heavy atom. The van der Waals surface area contributed by atoms with Crippen molar-refractivity contribution >= 4 is 45.4 Å². The lowest BCUT2D eigenvalue weighted by atomic mass is 10.2. The predicted octanol–water partition coefficient (Wildman–Crippen LogP) is 2.66. The summed E-state index contributed by atoms with van der Waals surface area (Å²) in [6.45, 7) is 2.07. The third-order valence-electron chi connectivity index (χ3n) is 1.68. The molecule has 0 fully saturated rings. The van der Waals surface area contributed by atoms with E-state index in [2.05, 4.69) is 20.9 Å². The first-order valence-corrected chi connectivity index (χ1v) is 5.68. The van der Waals surface area contributed by atoms with Gasteiger partial charge in [-0.2, -0.15) is 0 Å². The quantitative estimate of drug-likeness (QED) is 0.530. The van der Waals surface area contributed by atoms with Gasteiger partial charge in [0.1, 0.15) is 11.0 Å². The Bertz CT molecular complexity index is 435. The molecule has 0 saturated heterocycles. The predicted molar refractivity (Wildman–Crippen MR) is 67.0 cm³/mol. The van der Waals surface area contributed by atoms with Crippen molar-refractivity contribution in [2.75, 3.05) is 12.3 Å². The van der Waals surface area contributed by atoms with Crippen molar-refractivity contribution in [1.29, 1.82) is 0 Å². The van der Waals surface area contributed by atoms with Crippen molar-refractivity contribution in [3.63, 3.8) is 0 Å². The van der Waals surface area contributed by atoms with Gasteiger partial charge in [-0.25, -0.2) is 9.78 Å². The average Bonchev–Trinajstić information content (AvgIpc) is 2.22. The molecule has 86 valence electrons. The van der Waals surface area contributed by atoms with Crippen LogP contribution in [0.2, 0.25) is 5.15 Å². The Morgan fingerprint density at radius 2 is 2.44 bits per heavy atom. The fourth-order valence-corrected chi connectivity index (χ4v) is 1.46. The molecule has 4 nitrogen and oxygen atoms in total. The number of carbonyl (C=O) groups is 1. The number of aromatic nitrogens is 1. The van der Waals surface area contributed by atoms with Crippen LogP contribution in [0.1, 0.15) is 12.5 Å². The zero-order chi connectivity index (χ0) is 12.1. The monoisotopic (exact) mass is 304 g/mol. The molecule has 0 saturated carbocycles. The highest BCUT2D eigenvalue weighted by Crippen LogP contribution is 2.25. The number of hydrogen-bond acceptors (Lipinski definition) is 4. The van der Waals surface area contributed by atoms with E-state index in [1.54, 1.807) is 13.0 Å². The molecule has 1 aromatic rings. The van der Waals surface area contributed by atoms with Crippen molar-refractivity contribution in [3.05, 3.63) is 27.3 Å². The molecule has 6 heteroatoms. The van der Waals surface area contributed by atoms with Gasteiger partial charge in [0.05, 0.1) is 11.1 Å². The third-order valence-corrected chi connectivity index (χ3v) is 2.80. The van der Waals surface area contributed by atoms with Crippen LogP contribution in [0.5, 0.6) is 0 Å². The summed E-state index contributed by atoms with van der Waals surface area (Å²) in [4.78, 5) is 15.0. The average molecular weight is 306 g/mol. The summed E-state index contributed by atoms with van der Waals surface area (Å²) >= 11 is 8.96. The first-order valence-electron chi connectivity index (χ1n) is 4.51. The number of esters is 1. The van der Waals surface area contributed by atoms with Crippen molar-refractivity contribution in [1.82, 2.24) is 4.98 Å². The summed E-state index contributed by atoms with van der Waals surface area (Å²) in [6.07, 6.45) is 2.82. The molecule has 0 aromatic carbocycles. The van der Waals surface area contributed by atoms with Gasteiger partial charge < -0.3 is 10.5 Å². The van der Waals surface area contributed by atoms with E-state index in [1.807, 2.05) is 0 Å². The lowest BCUT2D eigenvalue weighted by Crippen LogP contribution is -1.99. The molecule has 1 heterocycles. The minimum atomic E-state index is -0.423. The molecule has 1 aromatic heterocycles. The van der Waals surface area contributed by atoms with Crippen LogP contribution < -0.4 is 5.73 Å². The molecular weight excluding hydrogens is 295 g/mol. The van der Waals surface area contributed by atoms with Crippen LogP contribution in [0, 0.1) is 0 Å². The summed E-state index contributed by atoms with van der Waals surface area (Å²) in [6, 6.07) is 1.68. The largest absolute Gasteiger partial charge is 0.463 e. The number of ether oxygens (including phenoxy) is 1. The highest BCUT2D eigenvalue weighted by molar-refractivity contribution is 9.10. The number of halogens is 2. The first kappa shape index (κ1) is 13.0. The molecule has 0 aliphatic carbocycles. The van der Waals surface area contributed by atoms with Crippen LogP contribution in [0.15, 0.2) is 16.6 Å². The van der Waals surface area contributed by atoms with Crippen LogP contribution in [-0.2, 0) is 9.53 Å². The maximum absolute atomic E-state index is 11.1. The van der Waals surface area contributed by atoms with Gasteiger partial charge in [-0.1, -0.05) is 11.6 Å². The Kier molecular flexibility index (Phi) is 4.76. The smallest absolute Gasteiger partial charge is 0.330 e. The number of nitrogen functional groups attached to an aromatic ring is 1. The zero-order valence-corrected chi connectivity index (χ0v) is 10.9. The van der Waals surface area contributed by atoms with Crippen molar-refractivity contribution in [2.45, 2.75) is 6.92 Å². The summed E-state index contributed by atoms with van der Waals surface area (Å²) in [5, 5.41) is 0.283. The molecule has 0 radical (unpaired) electrons. The molecule has 0 unspecified atom stereocenters. The SMILES string of the molecule is CCOC(=O)/C=C/c1cc(Br)c(Cl)nc1N. The second kappa shape index (κ2) is 5.86. The Balaban J connectivity index is 2.89. The van der Waals surface area contributed by atoms with Crippen LogP contribution >= 0.6 is 27.5 Å². The van der Waals surface area contributed by atoms with E-state index in [0.29, 0.717) is 16.6 Å². The number of nitrogens with two attached hydrogens (primary N) is 1. The molecule has 2 N–H and O–H groups in total. The van der Waals surface area contributed by atoms with Gasteiger partial charge in [0, 0.05) is 11.6 Å². The van der Waals surface area contributed by atoms with Crippen LogP contribution in [-0.4, -0.2) is 17.6 Å². The van der Waals surface area contributed by atoms with Crippen molar-refractivity contribution in [2.24, 2.45) is 0 Å². The summed E-state index contributed by atoms with van der Waals surface area (Å²) in [7, 11) is 0. The minimum Gasteiger partial charge on any atom is -0.463 e. The fourth-order valence-electron chi connectivity index (χ4n) is 0.975. The third kappa shape index (κ3) is 3.50. The second-order valence-corrected chi connectivity index (χ2v) is 4.03. The molecule has 0 atom stereocenters. The molecule has 1 rings (SSSR count). The van der Waals surface area contributed by atoms with E-state index in [-0.39, 0.29) is 11.0 Å². The van der Waals surface area contributed by atoms with E-state index in [0.717, 1.165) is 0 Å². The van der Waals surface area contributed by atoms with E-state index in [9.17, 15) is 4.79 Å². The molecular formula is C10H10BrClN2O2. The number of rotatable bonds is 3. The van der Waals surface area contributed by atoms with Crippen LogP contribution in [0.25, 0.3) is 6.08 Å². The lowest BCUT2D eigenvalue weighted by Gasteiger charge is -2.02. The van der Waals surface area contributed by atoms with Crippen molar-refractivity contribution in [3.8, 4) is 0 Å². The number of anilines is 1. The molecule has 0 spiro atoms. The number of pyridine rings is 1. The first-order chi connectivity index (χ1) is 7.54.